The quantitative estimate of drug-likeness (QED) is 0.706. The van der Waals surface area contributed by atoms with E-state index in [-0.39, 0.29) is 5.54 Å². The van der Waals surface area contributed by atoms with E-state index < -0.39 is 0 Å². The second kappa shape index (κ2) is 7.81. The molecule has 1 N–H and O–H groups in total. The smallest absolute Gasteiger partial charge is 0.104 e. The molecule has 0 aliphatic carbocycles. The van der Waals surface area contributed by atoms with Gasteiger partial charge in [-0.1, -0.05) is 0 Å². The van der Waals surface area contributed by atoms with Gasteiger partial charge in [-0.05, 0) is 34.5 Å². The van der Waals surface area contributed by atoms with Gasteiger partial charge in [0, 0.05) is 45.8 Å². The van der Waals surface area contributed by atoms with E-state index in [1.807, 2.05) is 14.0 Å². The molecule has 0 amide bonds. The predicted octanol–water partition coefficient (Wildman–Crippen LogP) is 0.0574. The number of hydrogen-bond donors (Lipinski definition) is 1. The summed E-state index contributed by atoms with van der Waals surface area (Å²) in [4.78, 5) is 7.23. The van der Waals surface area contributed by atoms with Crippen LogP contribution in [0.4, 0.5) is 0 Å². The van der Waals surface area contributed by atoms with Crippen molar-refractivity contribution in [2.45, 2.75) is 18.9 Å². The van der Waals surface area contributed by atoms with Gasteiger partial charge in [0.15, 0.2) is 0 Å². The van der Waals surface area contributed by atoms with Gasteiger partial charge in [-0.3, -0.25) is 4.90 Å². The van der Waals surface area contributed by atoms with E-state index in [0.29, 0.717) is 0 Å². The van der Waals surface area contributed by atoms with Crippen molar-refractivity contribution in [1.29, 1.82) is 5.26 Å². The highest BCUT2D eigenvalue weighted by Gasteiger charge is 2.23. The zero-order valence-electron chi connectivity index (χ0n) is 12.9. The maximum Gasteiger partial charge on any atom is 0.104 e. The van der Waals surface area contributed by atoms with Crippen molar-refractivity contribution in [3.8, 4) is 6.07 Å². The van der Waals surface area contributed by atoms with Crippen molar-refractivity contribution in [3.63, 3.8) is 0 Å². The molecule has 1 fully saturated rings. The third kappa shape index (κ3) is 5.87. The lowest BCUT2D eigenvalue weighted by Crippen LogP contribution is -2.50. The Kier molecular flexibility index (Phi) is 6.73. The molecule has 1 aliphatic heterocycles. The monoisotopic (exact) mass is 267 g/mol. The average molecular weight is 267 g/mol. The van der Waals surface area contributed by atoms with E-state index in [1.165, 1.54) is 0 Å². The molecule has 5 nitrogen and oxygen atoms in total. The Morgan fingerprint density at radius 2 is 1.68 bits per heavy atom. The van der Waals surface area contributed by atoms with Gasteiger partial charge in [0.25, 0.3) is 0 Å². The Morgan fingerprint density at radius 1 is 1.16 bits per heavy atom. The number of nitrogens with zero attached hydrogens (tertiary/aromatic N) is 4. The van der Waals surface area contributed by atoms with Gasteiger partial charge < -0.3 is 15.1 Å². The van der Waals surface area contributed by atoms with Gasteiger partial charge in [-0.15, -0.1) is 0 Å². The molecule has 110 valence electrons. The van der Waals surface area contributed by atoms with E-state index in [0.717, 1.165) is 52.2 Å². The molecule has 0 aromatic carbocycles. The number of piperazine rings is 1. The predicted molar refractivity (Wildman–Crippen MR) is 79.1 cm³/mol. The van der Waals surface area contributed by atoms with Crippen LogP contribution in [0.3, 0.4) is 0 Å². The molecule has 0 aromatic rings. The molecule has 0 bridgehead atoms. The lowest BCUT2D eigenvalue weighted by atomic mass is 10.00. The van der Waals surface area contributed by atoms with Crippen LogP contribution in [0.15, 0.2) is 0 Å². The van der Waals surface area contributed by atoms with E-state index in [4.69, 9.17) is 5.26 Å². The van der Waals surface area contributed by atoms with Crippen LogP contribution < -0.4 is 5.32 Å². The van der Waals surface area contributed by atoms with Crippen LogP contribution in [0, 0.1) is 11.3 Å². The topological polar surface area (TPSA) is 45.5 Å². The van der Waals surface area contributed by atoms with Gasteiger partial charge >= 0.3 is 0 Å². The summed E-state index contributed by atoms with van der Waals surface area (Å²) in [6.45, 7) is 9.82. The normalized spacial score (nSPS) is 21.3. The molecule has 0 aromatic heterocycles. The van der Waals surface area contributed by atoms with Gasteiger partial charge in [-0.2, -0.15) is 5.26 Å². The summed E-state index contributed by atoms with van der Waals surface area (Å²) in [6, 6.07) is 2.36. The summed E-state index contributed by atoms with van der Waals surface area (Å²) < 4.78 is 0. The Hall–Kier alpha value is -0.670. The third-order valence-corrected chi connectivity index (χ3v) is 4.05. The van der Waals surface area contributed by atoms with Crippen LogP contribution in [0.2, 0.25) is 0 Å². The molecule has 19 heavy (non-hydrogen) atoms. The molecule has 1 aliphatic rings. The largest absolute Gasteiger partial charge is 0.308 e. The summed E-state index contributed by atoms with van der Waals surface area (Å²) in [5, 5.41) is 12.2. The number of likely N-dealkylation sites (N-methyl/N-ethyl adjacent to an activating group) is 1. The highest BCUT2D eigenvalue weighted by molar-refractivity contribution is 5.03. The fourth-order valence-electron chi connectivity index (χ4n) is 2.20. The van der Waals surface area contributed by atoms with Crippen LogP contribution in [-0.4, -0.2) is 87.2 Å². The van der Waals surface area contributed by atoms with Crippen molar-refractivity contribution < 1.29 is 0 Å². The van der Waals surface area contributed by atoms with Gasteiger partial charge in [0.1, 0.15) is 5.54 Å². The number of nitrogens with one attached hydrogen (secondary N) is 1. The Labute approximate surface area is 118 Å². The fraction of sp³-hybridized carbons (Fsp3) is 0.929. The minimum Gasteiger partial charge on any atom is -0.308 e. The first-order valence-corrected chi connectivity index (χ1v) is 7.19. The molecule has 1 rings (SSSR count). The van der Waals surface area contributed by atoms with Crippen LogP contribution in [0.1, 0.15) is 13.3 Å². The average Bonchev–Trinajstić information content (AvgIpc) is 2.43. The molecule has 1 saturated heterocycles. The van der Waals surface area contributed by atoms with E-state index in [9.17, 15) is 0 Å². The van der Waals surface area contributed by atoms with Crippen molar-refractivity contribution in [2.75, 3.05) is 67.0 Å². The zero-order valence-corrected chi connectivity index (χ0v) is 12.9. The summed E-state index contributed by atoms with van der Waals surface area (Å²) in [7, 11) is 6.11. The Morgan fingerprint density at radius 3 is 2.11 bits per heavy atom. The molecule has 0 radical (unpaired) electrons. The van der Waals surface area contributed by atoms with Gasteiger partial charge in [0.05, 0.1) is 6.07 Å². The minimum absolute atomic E-state index is 0.387. The maximum atomic E-state index is 9.13. The molecular weight excluding hydrogens is 238 g/mol. The molecule has 1 heterocycles. The minimum atomic E-state index is -0.387. The standard InChI is InChI=1S/C14H29N5/c1-14(13-15,16-2)5-6-18-9-11-19(12-10-18)8-7-17(3)4/h16H,5-12H2,1-4H3. The second-order valence-corrected chi connectivity index (χ2v) is 5.93. The van der Waals surface area contributed by atoms with Crippen molar-refractivity contribution in [3.05, 3.63) is 0 Å². The number of nitriles is 1. The molecule has 1 atom stereocenters. The highest BCUT2D eigenvalue weighted by atomic mass is 15.3. The van der Waals surface area contributed by atoms with Crippen molar-refractivity contribution >= 4 is 0 Å². The van der Waals surface area contributed by atoms with E-state index in [1.54, 1.807) is 0 Å². The van der Waals surface area contributed by atoms with Crippen LogP contribution in [0.25, 0.3) is 0 Å². The summed E-state index contributed by atoms with van der Waals surface area (Å²) >= 11 is 0. The molecule has 0 spiro atoms. The first kappa shape index (κ1) is 16.4. The van der Waals surface area contributed by atoms with Crippen LogP contribution in [0.5, 0.6) is 0 Å². The summed E-state index contributed by atoms with van der Waals surface area (Å²) in [5.41, 5.74) is -0.387. The van der Waals surface area contributed by atoms with Crippen molar-refractivity contribution in [2.24, 2.45) is 0 Å². The highest BCUT2D eigenvalue weighted by Crippen LogP contribution is 2.10. The zero-order chi connectivity index (χ0) is 14.3. The first-order chi connectivity index (χ1) is 8.99. The molecule has 0 saturated carbocycles. The molecule has 5 heteroatoms. The second-order valence-electron chi connectivity index (χ2n) is 5.93. The summed E-state index contributed by atoms with van der Waals surface area (Å²) in [6.07, 6.45) is 0.887. The van der Waals surface area contributed by atoms with Crippen LogP contribution >= 0.6 is 0 Å². The SMILES string of the molecule is CNC(C)(C#N)CCN1CCN(CCN(C)C)CC1. The lowest BCUT2D eigenvalue weighted by Gasteiger charge is -2.36. The first-order valence-electron chi connectivity index (χ1n) is 7.19. The van der Waals surface area contributed by atoms with Crippen molar-refractivity contribution in [1.82, 2.24) is 20.0 Å². The lowest BCUT2D eigenvalue weighted by molar-refractivity contribution is 0.120. The van der Waals surface area contributed by atoms with Crippen LogP contribution in [-0.2, 0) is 0 Å². The number of rotatable bonds is 7. The Balaban J connectivity index is 2.22. The molecule has 1 unspecified atom stereocenters. The third-order valence-electron chi connectivity index (χ3n) is 4.05. The summed E-state index contributed by atoms with van der Waals surface area (Å²) in [5.74, 6) is 0. The van der Waals surface area contributed by atoms with E-state index >= 15 is 0 Å². The maximum absolute atomic E-state index is 9.13. The van der Waals surface area contributed by atoms with Gasteiger partial charge in [0.2, 0.25) is 0 Å². The van der Waals surface area contributed by atoms with Gasteiger partial charge in [-0.25, -0.2) is 0 Å². The Bertz CT molecular complexity index is 291. The number of hydrogen-bond acceptors (Lipinski definition) is 5. The fourth-order valence-corrected chi connectivity index (χ4v) is 2.20. The van der Waals surface area contributed by atoms with E-state index in [2.05, 4.69) is 40.2 Å². The molecular formula is C14H29N5.